The predicted octanol–water partition coefficient (Wildman–Crippen LogP) is 2.93. The normalized spacial score (nSPS) is 25.3. The predicted molar refractivity (Wildman–Crippen MR) is 93.9 cm³/mol. The van der Waals surface area contributed by atoms with Crippen LogP contribution in [0.5, 0.6) is 0 Å². The lowest BCUT2D eigenvalue weighted by Gasteiger charge is -2.28. The molecule has 0 saturated carbocycles. The molecule has 5 nitrogen and oxygen atoms in total. The van der Waals surface area contributed by atoms with Gasteiger partial charge in [0.25, 0.3) is 0 Å². The molecule has 1 aromatic carbocycles. The van der Waals surface area contributed by atoms with Crippen molar-refractivity contribution >= 4 is 35.6 Å². The zero-order valence-corrected chi connectivity index (χ0v) is 14.1. The van der Waals surface area contributed by atoms with Crippen molar-refractivity contribution in [3.8, 4) is 0 Å². The van der Waals surface area contributed by atoms with E-state index in [1.807, 2.05) is 12.1 Å². The van der Waals surface area contributed by atoms with Crippen LogP contribution in [-0.2, 0) is 9.59 Å². The summed E-state index contributed by atoms with van der Waals surface area (Å²) in [6, 6.07) is 8.45. The molecular weight excluding hydrogens is 314 g/mol. The maximum Gasteiger partial charge on any atom is 0.224 e. The second-order valence-electron chi connectivity index (χ2n) is 6.49. The lowest BCUT2D eigenvalue weighted by molar-refractivity contribution is -0.117. The Morgan fingerprint density at radius 3 is 2.09 bits per heavy atom. The summed E-state index contributed by atoms with van der Waals surface area (Å²) >= 11 is 0. The molecule has 126 valence electrons. The lowest BCUT2D eigenvalue weighted by Crippen LogP contribution is -2.39. The Hall–Kier alpha value is -1.59. The standard InChI is InChI=1S/C17H23N3O2.ClH/c1-11(21)18-13-2-4-14(5-3-13)20-17(22)10-12-8-15-6-7-16(9-12)19-15;/h2-5,12,15-16,19H,6-10H2,1H3,(H,18,21)(H,20,22);1H. The number of hydrogen-bond donors (Lipinski definition) is 3. The van der Waals surface area contributed by atoms with Gasteiger partial charge in [0.05, 0.1) is 0 Å². The molecule has 2 aliphatic rings. The summed E-state index contributed by atoms with van der Waals surface area (Å²) < 4.78 is 0. The molecule has 3 rings (SSSR count). The third kappa shape index (κ3) is 4.94. The Kier molecular flexibility index (Phi) is 6.02. The third-order valence-corrected chi connectivity index (χ3v) is 4.53. The van der Waals surface area contributed by atoms with E-state index in [2.05, 4.69) is 16.0 Å². The SMILES string of the molecule is CC(=O)Nc1ccc(NC(=O)CC2CC3CCC(C2)N3)cc1.Cl. The van der Waals surface area contributed by atoms with Crippen molar-refractivity contribution in [1.29, 1.82) is 0 Å². The molecule has 2 bridgehead atoms. The van der Waals surface area contributed by atoms with Crippen LogP contribution in [0.4, 0.5) is 11.4 Å². The van der Waals surface area contributed by atoms with E-state index in [1.54, 1.807) is 12.1 Å². The quantitative estimate of drug-likeness (QED) is 0.791. The van der Waals surface area contributed by atoms with Gasteiger partial charge in [0.2, 0.25) is 11.8 Å². The summed E-state index contributed by atoms with van der Waals surface area (Å²) in [7, 11) is 0. The van der Waals surface area contributed by atoms with E-state index in [9.17, 15) is 9.59 Å². The smallest absolute Gasteiger partial charge is 0.224 e. The minimum Gasteiger partial charge on any atom is -0.326 e. The van der Waals surface area contributed by atoms with Crippen molar-refractivity contribution in [2.75, 3.05) is 10.6 Å². The number of carbonyl (C=O) groups excluding carboxylic acids is 2. The molecule has 2 fully saturated rings. The van der Waals surface area contributed by atoms with Gasteiger partial charge in [-0.1, -0.05) is 0 Å². The van der Waals surface area contributed by atoms with Gasteiger partial charge in [0.1, 0.15) is 0 Å². The summed E-state index contributed by atoms with van der Waals surface area (Å²) in [5.74, 6) is 0.480. The minimum absolute atomic E-state index is 0. The summed E-state index contributed by atoms with van der Waals surface area (Å²) in [4.78, 5) is 23.1. The van der Waals surface area contributed by atoms with E-state index in [0.717, 1.165) is 24.2 Å². The van der Waals surface area contributed by atoms with Crippen LogP contribution >= 0.6 is 12.4 Å². The molecule has 2 unspecified atom stereocenters. The molecule has 0 aliphatic carbocycles. The van der Waals surface area contributed by atoms with E-state index in [0.29, 0.717) is 24.4 Å². The van der Waals surface area contributed by atoms with E-state index in [4.69, 9.17) is 0 Å². The van der Waals surface area contributed by atoms with Crippen LogP contribution in [0.25, 0.3) is 0 Å². The topological polar surface area (TPSA) is 70.2 Å². The second-order valence-corrected chi connectivity index (χ2v) is 6.49. The zero-order valence-electron chi connectivity index (χ0n) is 13.3. The third-order valence-electron chi connectivity index (χ3n) is 4.53. The first-order chi connectivity index (χ1) is 10.6. The first kappa shape index (κ1) is 17.8. The number of carbonyl (C=O) groups is 2. The summed E-state index contributed by atoms with van der Waals surface area (Å²) in [6.07, 6.45) is 5.35. The van der Waals surface area contributed by atoms with Crippen LogP contribution in [0.3, 0.4) is 0 Å². The highest BCUT2D eigenvalue weighted by Gasteiger charge is 2.34. The highest BCUT2D eigenvalue weighted by molar-refractivity contribution is 5.92. The zero-order chi connectivity index (χ0) is 15.5. The van der Waals surface area contributed by atoms with E-state index >= 15 is 0 Å². The first-order valence-corrected chi connectivity index (χ1v) is 8.02. The monoisotopic (exact) mass is 337 g/mol. The van der Waals surface area contributed by atoms with Crippen molar-refractivity contribution < 1.29 is 9.59 Å². The van der Waals surface area contributed by atoms with Crippen LogP contribution < -0.4 is 16.0 Å². The number of halogens is 1. The summed E-state index contributed by atoms with van der Waals surface area (Å²) in [5.41, 5.74) is 1.51. The number of amides is 2. The summed E-state index contributed by atoms with van der Waals surface area (Å²) in [6.45, 7) is 1.47. The van der Waals surface area contributed by atoms with Crippen LogP contribution in [-0.4, -0.2) is 23.9 Å². The molecule has 0 spiro atoms. The van der Waals surface area contributed by atoms with Crippen molar-refractivity contribution in [2.24, 2.45) is 5.92 Å². The largest absolute Gasteiger partial charge is 0.326 e. The molecule has 23 heavy (non-hydrogen) atoms. The van der Waals surface area contributed by atoms with Gasteiger partial charge < -0.3 is 16.0 Å². The first-order valence-electron chi connectivity index (χ1n) is 8.02. The van der Waals surface area contributed by atoms with Gasteiger partial charge in [-0.15, -0.1) is 12.4 Å². The van der Waals surface area contributed by atoms with Gasteiger partial charge in [0, 0.05) is 36.8 Å². The Morgan fingerprint density at radius 2 is 1.57 bits per heavy atom. The number of piperidine rings is 1. The maximum absolute atomic E-state index is 12.2. The van der Waals surface area contributed by atoms with Crippen LogP contribution in [0.1, 0.15) is 39.0 Å². The van der Waals surface area contributed by atoms with Crippen molar-refractivity contribution in [1.82, 2.24) is 5.32 Å². The molecule has 3 N–H and O–H groups in total. The number of anilines is 2. The fourth-order valence-corrected chi connectivity index (χ4v) is 3.66. The average molecular weight is 338 g/mol. The maximum atomic E-state index is 12.2. The lowest BCUT2D eigenvalue weighted by atomic mass is 9.89. The average Bonchev–Trinajstić information content (AvgIpc) is 2.79. The van der Waals surface area contributed by atoms with E-state index < -0.39 is 0 Å². The van der Waals surface area contributed by atoms with Gasteiger partial charge in [-0.3, -0.25) is 9.59 Å². The fraction of sp³-hybridized carbons (Fsp3) is 0.529. The molecule has 0 radical (unpaired) electrons. The van der Waals surface area contributed by atoms with Crippen molar-refractivity contribution in [3.05, 3.63) is 24.3 Å². The van der Waals surface area contributed by atoms with Crippen LogP contribution in [0.15, 0.2) is 24.3 Å². The molecule has 6 heteroatoms. The number of nitrogens with one attached hydrogen (secondary N) is 3. The second kappa shape index (κ2) is 7.79. The highest BCUT2D eigenvalue weighted by atomic mass is 35.5. The van der Waals surface area contributed by atoms with Crippen LogP contribution in [0.2, 0.25) is 0 Å². The van der Waals surface area contributed by atoms with E-state index in [-0.39, 0.29) is 24.2 Å². The molecular formula is C17H24ClN3O2. The van der Waals surface area contributed by atoms with Crippen LogP contribution in [0, 0.1) is 5.92 Å². The van der Waals surface area contributed by atoms with Crippen molar-refractivity contribution in [3.63, 3.8) is 0 Å². The minimum atomic E-state index is -0.0997. The number of benzene rings is 1. The number of rotatable bonds is 4. The molecule has 2 aliphatic heterocycles. The number of hydrogen-bond acceptors (Lipinski definition) is 3. The van der Waals surface area contributed by atoms with Gasteiger partial charge in [0.15, 0.2) is 0 Å². The van der Waals surface area contributed by atoms with E-state index in [1.165, 1.54) is 19.8 Å². The Labute approximate surface area is 143 Å². The highest BCUT2D eigenvalue weighted by Crippen LogP contribution is 2.32. The van der Waals surface area contributed by atoms with Gasteiger partial charge in [-0.25, -0.2) is 0 Å². The Bertz CT molecular complexity index is 549. The van der Waals surface area contributed by atoms with Gasteiger partial charge >= 0.3 is 0 Å². The summed E-state index contributed by atoms with van der Waals surface area (Å²) in [5, 5.41) is 9.26. The Morgan fingerprint density at radius 1 is 1.04 bits per heavy atom. The molecule has 2 heterocycles. The molecule has 1 aromatic rings. The molecule has 2 amide bonds. The molecule has 2 saturated heterocycles. The van der Waals surface area contributed by atoms with Gasteiger partial charge in [-0.05, 0) is 55.9 Å². The molecule has 2 atom stereocenters. The Balaban J connectivity index is 0.00000192. The number of fused-ring (bicyclic) bond motifs is 2. The molecule has 0 aromatic heterocycles. The van der Waals surface area contributed by atoms with Gasteiger partial charge in [-0.2, -0.15) is 0 Å². The van der Waals surface area contributed by atoms with Crippen molar-refractivity contribution in [2.45, 2.75) is 51.1 Å². The fourth-order valence-electron chi connectivity index (χ4n) is 3.66.